The summed E-state index contributed by atoms with van der Waals surface area (Å²) in [6, 6.07) is 2.89. The standard InChI is InChI=1S/C20H30N4O4/c1-14-6-2-3-8-16(14)22-20(27)23-18(25)13-24-10-4-9-17(24)19(26)21-12-15-7-5-11-28-15/h5,7,11,14,16-17H,2-4,6,8-10,12-13H2,1H3,(H,21,26)(H2,22,23,25,27). The summed E-state index contributed by atoms with van der Waals surface area (Å²) in [7, 11) is 0. The summed E-state index contributed by atoms with van der Waals surface area (Å²) < 4.78 is 5.21. The molecule has 0 aromatic carbocycles. The lowest BCUT2D eigenvalue weighted by atomic mass is 9.86. The minimum Gasteiger partial charge on any atom is -0.467 e. The van der Waals surface area contributed by atoms with Crippen LogP contribution in [0.5, 0.6) is 0 Å². The summed E-state index contributed by atoms with van der Waals surface area (Å²) in [6.45, 7) is 3.15. The van der Waals surface area contributed by atoms with Crippen LogP contribution >= 0.6 is 0 Å². The molecular formula is C20H30N4O4. The van der Waals surface area contributed by atoms with Crippen molar-refractivity contribution in [2.75, 3.05) is 13.1 Å². The monoisotopic (exact) mass is 390 g/mol. The number of furan rings is 1. The molecule has 8 nitrogen and oxygen atoms in total. The molecule has 1 aliphatic carbocycles. The maximum atomic E-state index is 12.4. The molecule has 28 heavy (non-hydrogen) atoms. The zero-order chi connectivity index (χ0) is 19.9. The Labute approximate surface area is 165 Å². The van der Waals surface area contributed by atoms with E-state index < -0.39 is 6.03 Å². The van der Waals surface area contributed by atoms with Gasteiger partial charge in [0.25, 0.3) is 0 Å². The number of imide groups is 1. The van der Waals surface area contributed by atoms with Crippen molar-refractivity contribution in [1.29, 1.82) is 0 Å². The Kier molecular flexibility index (Phi) is 7.08. The number of amides is 4. The Morgan fingerprint density at radius 2 is 2.00 bits per heavy atom. The van der Waals surface area contributed by atoms with Crippen LogP contribution in [-0.4, -0.2) is 47.9 Å². The minimum atomic E-state index is -0.443. The molecule has 3 atom stereocenters. The van der Waals surface area contributed by atoms with Crippen molar-refractivity contribution in [3.8, 4) is 0 Å². The second-order valence-electron chi connectivity index (χ2n) is 7.82. The largest absolute Gasteiger partial charge is 0.467 e. The summed E-state index contributed by atoms with van der Waals surface area (Å²) in [5.41, 5.74) is 0. The molecule has 1 saturated carbocycles. The molecule has 1 aliphatic heterocycles. The van der Waals surface area contributed by atoms with Gasteiger partial charge in [0, 0.05) is 6.04 Å². The number of rotatable bonds is 6. The highest BCUT2D eigenvalue weighted by atomic mass is 16.3. The van der Waals surface area contributed by atoms with Gasteiger partial charge < -0.3 is 15.1 Å². The number of carbonyl (C=O) groups excluding carboxylic acids is 3. The lowest BCUT2D eigenvalue weighted by molar-refractivity contribution is -0.127. The van der Waals surface area contributed by atoms with Crippen molar-refractivity contribution in [2.45, 2.75) is 64.1 Å². The van der Waals surface area contributed by atoms with Gasteiger partial charge in [-0.25, -0.2) is 4.79 Å². The van der Waals surface area contributed by atoms with Crippen molar-refractivity contribution >= 4 is 17.8 Å². The second-order valence-corrected chi connectivity index (χ2v) is 7.82. The number of carbonyl (C=O) groups is 3. The Bertz CT molecular complexity index is 676. The van der Waals surface area contributed by atoms with Crippen LogP contribution in [0.2, 0.25) is 0 Å². The predicted octanol–water partition coefficient (Wildman–Crippen LogP) is 1.76. The summed E-state index contributed by atoms with van der Waals surface area (Å²) in [5.74, 6) is 0.605. The summed E-state index contributed by atoms with van der Waals surface area (Å²) in [6.07, 6.45) is 7.45. The van der Waals surface area contributed by atoms with Gasteiger partial charge in [0.2, 0.25) is 11.8 Å². The third-order valence-electron chi connectivity index (χ3n) is 5.71. The molecular weight excluding hydrogens is 360 g/mol. The van der Waals surface area contributed by atoms with Gasteiger partial charge in [-0.15, -0.1) is 0 Å². The highest BCUT2D eigenvalue weighted by molar-refractivity contribution is 5.95. The van der Waals surface area contributed by atoms with Gasteiger partial charge in [0.1, 0.15) is 5.76 Å². The first-order valence-corrected chi connectivity index (χ1v) is 10.2. The maximum absolute atomic E-state index is 12.4. The molecule has 1 aromatic heterocycles. The summed E-state index contributed by atoms with van der Waals surface area (Å²) in [5, 5.41) is 8.17. The van der Waals surface area contributed by atoms with E-state index in [9.17, 15) is 14.4 Å². The minimum absolute atomic E-state index is 0.0342. The zero-order valence-corrected chi connectivity index (χ0v) is 16.4. The molecule has 2 aliphatic rings. The number of nitrogens with one attached hydrogen (secondary N) is 3. The highest BCUT2D eigenvalue weighted by Gasteiger charge is 2.32. The number of likely N-dealkylation sites (tertiary alicyclic amines) is 1. The van der Waals surface area contributed by atoms with E-state index in [1.54, 1.807) is 18.4 Å². The fraction of sp³-hybridized carbons (Fsp3) is 0.650. The molecule has 1 saturated heterocycles. The number of nitrogens with zero attached hydrogens (tertiary/aromatic N) is 1. The van der Waals surface area contributed by atoms with Crippen LogP contribution in [0.4, 0.5) is 4.79 Å². The van der Waals surface area contributed by atoms with Gasteiger partial charge >= 0.3 is 6.03 Å². The quantitative estimate of drug-likeness (QED) is 0.687. The second kappa shape index (κ2) is 9.73. The van der Waals surface area contributed by atoms with Crippen LogP contribution in [0.1, 0.15) is 51.2 Å². The lowest BCUT2D eigenvalue weighted by Crippen LogP contribution is -2.51. The van der Waals surface area contributed by atoms with Gasteiger partial charge in [-0.3, -0.25) is 19.8 Å². The SMILES string of the molecule is CC1CCCCC1NC(=O)NC(=O)CN1CCCC1C(=O)NCc1ccco1. The first kappa shape index (κ1) is 20.4. The van der Waals surface area contributed by atoms with Crippen molar-refractivity contribution in [3.63, 3.8) is 0 Å². The van der Waals surface area contributed by atoms with Gasteiger partial charge in [0.05, 0.1) is 25.4 Å². The average molecular weight is 390 g/mol. The Morgan fingerprint density at radius 3 is 2.75 bits per heavy atom. The Morgan fingerprint density at radius 1 is 1.18 bits per heavy atom. The number of hydrogen-bond acceptors (Lipinski definition) is 5. The van der Waals surface area contributed by atoms with E-state index in [0.29, 0.717) is 31.2 Å². The van der Waals surface area contributed by atoms with Gasteiger partial charge in [-0.05, 0) is 50.3 Å². The van der Waals surface area contributed by atoms with E-state index in [-0.39, 0.29) is 30.4 Å². The Hall–Kier alpha value is -2.35. The van der Waals surface area contributed by atoms with Crippen molar-refractivity contribution in [1.82, 2.24) is 20.9 Å². The first-order chi connectivity index (χ1) is 13.5. The fourth-order valence-electron chi connectivity index (χ4n) is 4.10. The fourth-order valence-corrected chi connectivity index (χ4v) is 4.10. The third kappa shape index (κ3) is 5.58. The smallest absolute Gasteiger partial charge is 0.321 e. The third-order valence-corrected chi connectivity index (χ3v) is 5.71. The maximum Gasteiger partial charge on any atom is 0.321 e. The molecule has 2 heterocycles. The van der Waals surface area contributed by atoms with Crippen LogP contribution in [-0.2, 0) is 16.1 Å². The Balaban J connectivity index is 1.43. The molecule has 0 spiro atoms. The molecule has 3 N–H and O–H groups in total. The normalized spacial score (nSPS) is 25.2. The number of urea groups is 1. The van der Waals surface area contributed by atoms with E-state index in [0.717, 1.165) is 25.7 Å². The van der Waals surface area contributed by atoms with Crippen LogP contribution < -0.4 is 16.0 Å². The average Bonchev–Trinajstić information content (AvgIpc) is 3.33. The molecule has 4 amide bonds. The molecule has 3 unspecified atom stereocenters. The molecule has 8 heteroatoms. The molecule has 3 rings (SSSR count). The first-order valence-electron chi connectivity index (χ1n) is 10.2. The van der Waals surface area contributed by atoms with Crippen LogP contribution in [0, 0.1) is 5.92 Å². The van der Waals surface area contributed by atoms with Gasteiger partial charge in [-0.1, -0.05) is 19.8 Å². The van der Waals surface area contributed by atoms with Crippen LogP contribution in [0.25, 0.3) is 0 Å². The zero-order valence-electron chi connectivity index (χ0n) is 16.4. The van der Waals surface area contributed by atoms with Crippen molar-refractivity contribution in [2.24, 2.45) is 5.92 Å². The van der Waals surface area contributed by atoms with Crippen LogP contribution in [0.3, 0.4) is 0 Å². The van der Waals surface area contributed by atoms with E-state index in [1.165, 1.54) is 6.42 Å². The molecule has 0 bridgehead atoms. The molecule has 0 radical (unpaired) electrons. The topological polar surface area (TPSA) is 104 Å². The van der Waals surface area contributed by atoms with Crippen molar-refractivity contribution < 1.29 is 18.8 Å². The van der Waals surface area contributed by atoms with E-state index >= 15 is 0 Å². The summed E-state index contributed by atoms with van der Waals surface area (Å²) >= 11 is 0. The predicted molar refractivity (Wildman–Crippen MR) is 103 cm³/mol. The molecule has 154 valence electrons. The van der Waals surface area contributed by atoms with Crippen LogP contribution in [0.15, 0.2) is 22.8 Å². The molecule has 2 fully saturated rings. The van der Waals surface area contributed by atoms with E-state index in [4.69, 9.17) is 4.42 Å². The number of hydrogen-bond donors (Lipinski definition) is 3. The summed E-state index contributed by atoms with van der Waals surface area (Å²) in [4.78, 5) is 38.7. The van der Waals surface area contributed by atoms with Crippen molar-refractivity contribution in [3.05, 3.63) is 24.2 Å². The van der Waals surface area contributed by atoms with E-state index in [1.807, 2.05) is 4.90 Å². The van der Waals surface area contributed by atoms with Gasteiger partial charge in [0.15, 0.2) is 0 Å². The van der Waals surface area contributed by atoms with Gasteiger partial charge in [-0.2, -0.15) is 0 Å². The highest BCUT2D eigenvalue weighted by Crippen LogP contribution is 2.23. The lowest BCUT2D eigenvalue weighted by Gasteiger charge is -2.29. The molecule has 1 aromatic rings. The van der Waals surface area contributed by atoms with E-state index in [2.05, 4.69) is 22.9 Å².